The lowest BCUT2D eigenvalue weighted by atomic mass is 10.0. The summed E-state index contributed by atoms with van der Waals surface area (Å²) >= 11 is 6.70. The zero-order valence-corrected chi connectivity index (χ0v) is 14.1. The van der Waals surface area contributed by atoms with Crippen LogP contribution in [0.2, 0.25) is 0 Å². The van der Waals surface area contributed by atoms with Gasteiger partial charge in [-0.1, -0.05) is 33.1 Å². The molecule has 1 N–H and O–H groups in total. The first kappa shape index (κ1) is 15.8. The van der Waals surface area contributed by atoms with Crippen LogP contribution >= 0.6 is 31.9 Å². The van der Waals surface area contributed by atoms with Crippen molar-refractivity contribution in [1.82, 2.24) is 0 Å². The average Bonchev–Trinajstić information content (AvgIpc) is 2.35. The van der Waals surface area contributed by atoms with Gasteiger partial charge in [0, 0.05) is 0 Å². The Labute approximate surface area is 126 Å². The molecule has 0 aliphatic carbocycles. The van der Waals surface area contributed by atoms with Crippen LogP contribution in [0, 0.1) is 5.92 Å². The van der Waals surface area contributed by atoms with Gasteiger partial charge < -0.3 is 9.84 Å². The minimum absolute atomic E-state index is 0.215. The number of phenolic OH excluding ortho intramolecular Hbond substituents is 1. The van der Waals surface area contributed by atoms with Crippen LogP contribution in [0.4, 0.5) is 0 Å². The summed E-state index contributed by atoms with van der Waals surface area (Å²) in [7, 11) is 0. The molecule has 0 aromatic heterocycles. The molecule has 0 aliphatic rings. The van der Waals surface area contributed by atoms with E-state index in [1.165, 1.54) is 19.3 Å². The summed E-state index contributed by atoms with van der Waals surface area (Å²) < 4.78 is 7.28. The summed E-state index contributed by atoms with van der Waals surface area (Å²) in [4.78, 5) is 0. The van der Waals surface area contributed by atoms with E-state index in [1.54, 1.807) is 12.1 Å². The Morgan fingerprint density at radius 1 is 1.22 bits per heavy atom. The van der Waals surface area contributed by atoms with Crippen LogP contribution in [-0.4, -0.2) is 11.7 Å². The van der Waals surface area contributed by atoms with Gasteiger partial charge in [-0.05, 0) is 56.3 Å². The fourth-order valence-electron chi connectivity index (χ4n) is 1.73. The molecule has 0 bridgehead atoms. The Morgan fingerprint density at radius 3 is 2.56 bits per heavy atom. The number of aromatic hydroxyl groups is 1. The van der Waals surface area contributed by atoms with Gasteiger partial charge in [-0.2, -0.15) is 0 Å². The third-order valence-electron chi connectivity index (χ3n) is 3.02. The molecule has 4 heteroatoms. The fourth-order valence-corrected chi connectivity index (χ4v) is 2.50. The van der Waals surface area contributed by atoms with Gasteiger partial charge in [-0.25, -0.2) is 0 Å². The highest BCUT2D eigenvalue weighted by molar-refractivity contribution is 9.11. The molecular weight excluding hydrogens is 360 g/mol. The molecule has 18 heavy (non-hydrogen) atoms. The van der Waals surface area contributed by atoms with Gasteiger partial charge in [-0.3, -0.25) is 0 Å². The van der Waals surface area contributed by atoms with E-state index in [9.17, 15) is 5.11 Å². The van der Waals surface area contributed by atoms with Crippen LogP contribution in [0.1, 0.15) is 39.5 Å². The summed E-state index contributed by atoms with van der Waals surface area (Å²) in [6, 6.07) is 3.44. The molecule has 1 rings (SSSR count). The van der Waals surface area contributed by atoms with Gasteiger partial charge in [0.15, 0.2) is 0 Å². The summed E-state index contributed by atoms with van der Waals surface area (Å²) in [5.41, 5.74) is 0. The van der Waals surface area contributed by atoms with Crippen LogP contribution in [0.3, 0.4) is 0 Å². The van der Waals surface area contributed by atoms with Crippen molar-refractivity contribution in [3.8, 4) is 11.5 Å². The van der Waals surface area contributed by atoms with Crippen molar-refractivity contribution in [2.45, 2.75) is 39.5 Å². The van der Waals surface area contributed by atoms with Crippen LogP contribution < -0.4 is 4.74 Å². The van der Waals surface area contributed by atoms with Gasteiger partial charge in [0.1, 0.15) is 11.5 Å². The standard InChI is InChI=1S/C14H20Br2O2/c1-3-5-6-10(4-2)9-18-14-8-11(15)13(17)7-12(14)16/h7-8,10,17H,3-6,9H2,1-2H3. The number of benzene rings is 1. The Balaban J connectivity index is 2.59. The Hall–Kier alpha value is -0.220. The SMILES string of the molecule is CCCCC(CC)COc1cc(Br)c(O)cc1Br. The molecule has 1 unspecified atom stereocenters. The zero-order valence-electron chi connectivity index (χ0n) is 10.9. The Kier molecular flexibility index (Phi) is 7.08. The largest absolute Gasteiger partial charge is 0.507 e. The van der Waals surface area contributed by atoms with Crippen LogP contribution in [0.15, 0.2) is 21.1 Å². The van der Waals surface area contributed by atoms with Gasteiger partial charge in [0.25, 0.3) is 0 Å². The first-order valence-corrected chi connectivity index (χ1v) is 7.97. The summed E-state index contributed by atoms with van der Waals surface area (Å²) in [6.45, 7) is 5.14. The first-order valence-electron chi connectivity index (χ1n) is 6.39. The van der Waals surface area contributed by atoms with Crippen LogP contribution in [0.5, 0.6) is 11.5 Å². The molecule has 0 fully saturated rings. The number of phenols is 1. The molecular formula is C14H20Br2O2. The molecule has 0 radical (unpaired) electrons. The molecule has 102 valence electrons. The van der Waals surface area contributed by atoms with E-state index in [0.717, 1.165) is 23.2 Å². The zero-order chi connectivity index (χ0) is 13.5. The summed E-state index contributed by atoms with van der Waals surface area (Å²) in [6.07, 6.45) is 4.83. The van der Waals surface area contributed by atoms with E-state index in [0.29, 0.717) is 10.4 Å². The van der Waals surface area contributed by atoms with Crippen LogP contribution in [0.25, 0.3) is 0 Å². The maximum absolute atomic E-state index is 9.53. The second kappa shape index (κ2) is 8.05. The number of hydrogen-bond donors (Lipinski definition) is 1. The quantitative estimate of drug-likeness (QED) is 0.676. The van der Waals surface area contributed by atoms with E-state index >= 15 is 0 Å². The normalized spacial score (nSPS) is 12.4. The predicted octanol–water partition coefficient (Wildman–Crippen LogP) is 5.51. The highest BCUT2D eigenvalue weighted by atomic mass is 79.9. The van der Waals surface area contributed by atoms with Crippen LogP contribution in [-0.2, 0) is 0 Å². The van der Waals surface area contributed by atoms with E-state index < -0.39 is 0 Å². The van der Waals surface area contributed by atoms with E-state index in [4.69, 9.17) is 4.74 Å². The maximum atomic E-state index is 9.53. The van der Waals surface area contributed by atoms with E-state index in [2.05, 4.69) is 45.7 Å². The number of rotatable bonds is 7. The summed E-state index contributed by atoms with van der Waals surface area (Å²) in [5, 5.41) is 9.53. The van der Waals surface area contributed by atoms with Gasteiger partial charge in [0.2, 0.25) is 0 Å². The van der Waals surface area contributed by atoms with Crippen molar-refractivity contribution >= 4 is 31.9 Å². The molecule has 0 heterocycles. The molecule has 2 nitrogen and oxygen atoms in total. The second-order valence-corrected chi connectivity index (χ2v) is 6.17. The second-order valence-electron chi connectivity index (χ2n) is 4.46. The molecule has 0 saturated heterocycles. The molecule has 0 amide bonds. The minimum atomic E-state index is 0.215. The predicted molar refractivity (Wildman–Crippen MR) is 82.3 cm³/mol. The number of ether oxygens (including phenoxy) is 1. The lowest BCUT2D eigenvalue weighted by Gasteiger charge is -2.16. The molecule has 0 spiro atoms. The van der Waals surface area contributed by atoms with E-state index in [1.807, 2.05) is 0 Å². The lowest BCUT2D eigenvalue weighted by molar-refractivity contribution is 0.232. The average molecular weight is 380 g/mol. The van der Waals surface area contributed by atoms with Gasteiger partial charge >= 0.3 is 0 Å². The molecule has 1 aromatic rings. The summed E-state index contributed by atoms with van der Waals surface area (Å²) in [5.74, 6) is 1.59. The van der Waals surface area contributed by atoms with Gasteiger partial charge in [-0.15, -0.1) is 0 Å². The minimum Gasteiger partial charge on any atom is -0.507 e. The monoisotopic (exact) mass is 378 g/mol. The molecule has 1 aromatic carbocycles. The maximum Gasteiger partial charge on any atom is 0.134 e. The first-order chi connectivity index (χ1) is 8.58. The molecule has 1 atom stereocenters. The highest BCUT2D eigenvalue weighted by Gasteiger charge is 2.10. The van der Waals surface area contributed by atoms with Gasteiger partial charge in [0.05, 0.1) is 15.6 Å². The number of halogens is 2. The topological polar surface area (TPSA) is 29.5 Å². The van der Waals surface area contributed by atoms with Crippen molar-refractivity contribution in [3.05, 3.63) is 21.1 Å². The van der Waals surface area contributed by atoms with Crippen molar-refractivity contribution in [1.29, 1.82) is 0 Å². The number of unbranched alkanes of at least 4 members (excludes halogenated alkanes) is 1. The van der Waals surface area contributed by atoms with Crippen molar-refractivity contribution in [2.24, 2.45) is 5.92 Å². The number of hydrogen-bond acceptors (Lipinski definition) is 2. The van der Waals surface area contributed by atoms with Crippen molar-refractivity contribution < 1.29 is 9.84 Å². The third kappa shape index (κ3) is 4.81. The lowest BCUT2D eigenvalue weighted by Crippen LogP contribution is -2.11. The smallest absolute Gasteiger partial charge is 0.134 e. The van der Waals surface area contributed by atoms with E-state index in [-0.39, 0.29) is 5.75 Å². The third-order valence-corrected chi connectivity index (χ3v) is 4.27. The van der Waals surface area contributed by atoms with Crippen molar-refractivity contribution in [2.75, 3.05) is 6.61 Å². The molecule has 0 saturated carbocycles. The van der Waals surface area contributed by atoms with Crippen molar-refractivity contribution in [3.63, 3.8) is 0 Å². The fraction of sp³-hybridized carbons (Fsp3) is 0.571. The Morgan fingerprint density at radius 2 is 1.94 bits per heavy atom. The Bertz CT molecular complexity index is 380. The molecule has 0 aliphatic heterocycles. The highest BCUT2D eigenvalue weighted by Crippen LogP contribution is 2.35.